The molecule has 1 saturated heterocycles. The molecule has 39 heavy (non-hydrogen) atoms. The van der Waals surface area contributed by atoms with Gasteiger partial charge in [0.1, 0.15) is 0 Å². The van der Waals surface area contributed by atoms with Gasteiger partial charge in [0.05, 0.1) is 11.6 Å². The molecule has 0 unspecified atom stereocenters. The Kier molecular flexibility index (Phi) is 7.79. The Bertz CT molecular complexity index is 1230. The Labute approximate surface area is 241 Å². The van der Waals surface area contributed by atoms with E-state index in [-0.39, 0.29) is 17.5 Å². The van der Waals surface area contributed by atoms with Crippen molar-refractivity contribution in [1.29, 1.82) is 5.26 Å². The second kappa shape index (κ2) is 11.3. The second-order valence-corrected chi connectivity index (χ2v) is 12.9. The largest absolute Gasteiger partial charge is 0.322 e. The Balaban J connectivity index is 1.12. The lowest BCUT2D eigenvalue weighted by Crippen LogP contribution is -2.52. The molecule has 1 aliphatic heterocycles. The zero-order valence-corrected chi connectivity index (χ0v) is 23.9. The number of hydrogen-bond donors (Lipinski definition) is 1. The van der Waals surface area contributed by atoms with E-state index in [0.29, 0.717) is 28.2 Å². The maximum absolute atomic E-state index is 13.7. The third-order valence-electron chi connectivity index (χ3n) is 9.43. The van der Waals surface area contributed by atoms with Gasteiger partial charge in [-0.15, -0.1) is 0 Å². The fourth-order valence-corrected chi connectivity index (χ4v) is 7.45. The minimum atomic E-state index is -0.0784. The number of carbonyl (C=O) groups is 1. The summed E-state index contributed by atoms with van der Waals surface area (Å²) in [5, 5.41) is 13.5. The smallest absolute Gasteiger partial charge is 0.320 e. The van der Waals surface area contributed by atoms with Crippen molar-refractivity contribution in [3.8, 4) is 6.07 Å². The standard InChI is InChI=1S/C31H37Cl2N5O/c32-26-16-27(33)18-28(17-26)35-30(39)38(13-12-36-8-10-37(11-9-36)21-22-4-5-22)29-6-7-31(19-25(31)15-29)24-3-1-2-23(14-24)20-34/h1-3,14,16-18,22,25,29H,4-13,15,19,21H2,(H,35,39)/t25-,29+,31+/m0/s1. The topological polar surface area (TPSA) is 62.6 Å². The highest BCUT2D eigenvalue weighted by atomic mass is 35.5. The Morgan fingerprint density at radius 3 is 2.49 bits per heavy atom. The van der Waals surface area contributed by atoms with E-state index in [1.165, 1.54) is 24.9 Å². The molecule has 1 heterocycles. The van der Waals surface area contributed by atoms with Crippen LogP contribution in [-0.2, 0) is 5.41 Å². The Morgan fingerprint density at radius 2 is 1.79 bits per heavy atom. The zero-order chi connectivity index (χ0) is 27.0. The fourth-order valence-electron chi connectivity index (χ4n) is 6.93. The van der Waals surface area contributed by atoms with Crippen molar-refractivity contribution < 1.29 is 4.79 Å². The maximum Gasteiger partial charge on any atom is 0.322 e. The van der Waals surface area contributed by atoms with Crippen molar-refractivity contribution in [2.24, 2.45) is 11.8 Å². The number of fused-ring (bicyclic) bond motifs is 1. The molecule has 0 bridgehead atoms. The van der Waals surface area contributed by atoms with Crippen molar-refractivity contribution in [2.75, 3.05) is 51.1 Å². The molecule has 8 heteroatoms. The molecule has 2 aromatic carbocycles. The molecule has 6 rings (SSSR count). The van der Waals surface area contributed by atoms with Crippen LogP contribution in [0.15, 0.2) is 42.5 Å². The van der Waals surface area contributed by atoms with Gasteiger partial charge >= 0.3 is 6.03 Å². The van der Waals surface area contributed by atoms with Gasteiger partial charge in [-0.3, -0.25) is 4.90 Å². The summed E-state index contributed by atoms with van der Waals surface area (Å²) in [6.07, 6.45) is 6.94. The van der Waals surface area contributed by atoms with Crippen LogP contribution in [-0.4, -0.2) is 72.6 Å². The van der Waals surface area contributed by atoms with Crippen LogP contribution in [0.3, 0.4) is 0 Å². The first-order valence-electron chi connectivity index (χ1n) is 14.4. The number of nitrogens with zero attached hydrogens (tertiary/aromatic N) is 4. The summed E-state index contributed by atoms with van der Waals surface area (Å²) < 4.78 is 0. The van der Waals surface area contributed by atoms with Gasteiger partial charge in [0, 0.05) is 67.6 Å². The number of carbonyl (C=O) groups excluding carboxylic acids is 1. The van der Waals surface area contributed by atoms with Crippen LogP contribution in [0.1, 0.15) is 49.7 Å². The number of halogens is 2. The molecule has 2 amide bonds. The molecule has 0 aromatic heterocycles. The maximum atomic E-state index is 13.7. The Hall–Kier alpha value is -2.30. The van der Waals surface area contributed by atoms with Gasteiger partial charge in [0.25, 0.3) is 0 Å². The van der Waals surface area contributed by atoms with Gasteiger partial charge in [-0.1, -0.05) is 35.3 Å². The molecule has 4 aliphatic rings. The number of anilines is 1. The number of amides is 2. The van der Waals surface area contributed by atoms with Crippen molar-refractivity contribution >= 4 is 34.9 Å². The number of hydrogen-bond acceptors (Lipinski definition) is 4. The van der Waals surface area contributed by atoms with Gasteiger partial charge < -0.3 is 15.1 Å². The minimum Gasteiger partial charge on any atom is -0.320 e. The molecule has 4 fully saturated rings. The highest BCUT2D eigenvalue weighted by Crippen LogP contribution is 2.62. The van der Waals surface area contributed by atoms with Crippen molar-refractivity contribution in [3.05, 3.63) is 63.6 Å². The molecule has 1 N–H and O–H groups in total. The summed E-state index contributed by atoms with van der Waals surface area (Å²) in [5.41, 5.74) is 2.82. The molecule has 0 spiro atoms. The van der Waals surface area contributed by atoms with Crippen LogP contribution >= 0.6 is 23.2 Å². The monoisotopic (exact) mass is 565 g/mol. The zero-order valence-electron chi connectivity index (χ0n) is 22.4. The Morgan fingerprint density at radius 1 is 1.05 bits per heavy atom. The predicted octanol–water partition coefficient (Wildman–Crippen LogP) is 6.24. The molecular weight excluding hydrogens is 529 g/mol. The van der Waals surface area contributed by atoms with Crippen molar-refractivity contribution in [3.63, 3.8) is 0 Å². The van der Waals surface area contributed by atoms with Crippen LogP contribution in [0.2, 0.25) is 10.0 Å². The first-order valence-corrected chi connectivity index (χ1v) is 15.2. The van der Waals surface area contributed by atoms with Crippen LogP contribution in [0.25, 0.3) is 0 Å². The van der Waals surface area contributed by atoms with Gasteiger partial charge in [0.2, 0.25) is 0 Å². The first kappa shape index (κ1) is 26.9. The average Bonchev–Trinajstić information content (AvgIpc) is 3.85. The number of benzene rings is 2. The molecule has 6 nitrogen and oxygen atoms in total. The quantitative estimate of drug-likeness (QED) is 0.411. The van der Waals surface area contributed by atoms with E-state index in [2.05, 4.69) is 38.2 Å². The van der Waals surface area contributed by atoms with Crippen LogP contribution < -0.4 is 5.32 Å². The molecule has 2 aromatic rings. The summed E-state index contributed by atoms with van der Waals surface area (Å²) in [4.78, 5) is 20.9. The van der Waals surface area contributed by atoms with Crippen LogP contribution in [0.5, 0.6) is 0 Å². The summed E-state index contributed by atoms with van der Waals surface area (Å²) in [7, 11) is 0. The van der Waals surface area contributed by atoms with Crippen molar-refractivity contribution in [1.82, 2.24) is 14.7 Å². The number of rotatable bonds is 8. The summed E-state index contributed by atoms with van der Waals surface area (Å²) in [5.74, 6) is 1.48. The molecule has 0 radical (unpaired) electrons. The van der Waals surface area contributed by atoms with E-state index >= 15 is 0 Å². The van der Waals surface area contributed by atoms with Gasteiger partial charge in [-0.2, -0.15) is 5.26 Å². The second-order valence-electron chi connectivity index (χ2n) is 12.0. The van der Waals surface area contributed by atoms with E-state index in [1.807, 2.05) is 12.1 Å². The summed E-state index contributed by atoms with van der Waals surface area (Å²) >= 11 is 12.4. The predicted molar refractivity (Wildman–Crippen MR) is 156 cm³/mol. The van der Waals surface area contributed by atoms with Crippen LogP contribution in [0, 0.1) is 23.2 Å². The van der Waals surface area contributed by atoms with Gasteiger partial charge in [0.15, 0.2) is 0 Å². The van der Waals surface area contributed by atoms with Gasteiger partial charge in [-0.25, -0.2) is 4.79 Å². The van der Waals surface area contributed by atoms with Crippen molar-refractivity contribution in [2.45, 2.75) is 50.0 Å². The SMILES string of the molecule is N#Cc1cccc([C@]23CC[C@@H](N(CCN4CCN(CC5CC5)CC4)C(=O)Nc4cc(Cl)cc(Cl)c4)C[C@H]2C3)c1. The third-order valence-corrected chi connectivity index (χ3v) is 9.87. The third kappa shape index (κ3) is 6.23. The molecular formula is C31H37Cl2N5O. The highest BCUT2D eigenvalue weighted by Gasteiger charge is 2.58. The number of piperazine rings is 1. The lowest BCUT2D eigenvalue weighted by atomic mass is 9.80. The number of urea groups is 1. The average molecular weight is 567 g/mol. The van der Waals surface area contributed by atoms with E-state index in [4.69, 9.17) is 23.2 Å². The summed E-state index contributed by atoms with van der Waals surface area (Å²) in [6.45, 7) is 7.23. The van der Waals surface area contributed by atoms with E-state index in [0.717, 1.165) is 69.9 Å². The van der Waals surface area contributed by atoms with Crippen LogP contribution in [0.4, 0.5) is 10.5 Å². The number of nitrogens with one attached hydrogen (secondary N) is 1. The van der Waals surface area contributed by atoms with Gasteiger partial charge in [-0.05, 0) is 91.7 Å². The highest BCUT2D eigenvalue weighted by molar-refractivity contribution is 6.35. The molecule has 3 saturated carbocycles. The lowest BCUT2D eigenvalue weighted by Gasteiger charge is -2.39. The number of nitriles is 1. The van der Waals surface area contributed by atoms with E-state index in [1.54, 1.807) is 18.2 Å². The molecule has 206 valence electrons. The minimum absolute atomic E-state index is 0.0784. The lowest BCUT2D eigenvalue weighted by molar-refractivity contribution is 0.106. The van der Waals surface area contributed by atoms with E-state index in [9.17, 15) is 10.1 Å². The van der Waals surface area contributed by atoms with E-state index < -0.39 is 0 Å². The molecule has 3 atom stereocenters. The summed E-state index contributed by atoms with van der Waals surface area (Å²) in [6, 6.07) is 15.7. The fraction of sp³-hybridized carbons (Fsp3) is 0.548. The molecule has 3 aliphatic carbocycles. The first-order chi connectivity index (χ1) is 18.9. The normalized spacial score (nSPS) is 26.9.